The van der Waals surface area contributed by atoms with Gasteiger partial charge in [0.15, 0.2) is 0 Å². The molecule has 0 aliphatic carbocycles. The van der Waals surface area contributed by atoms with Gasteiger partial charge >= 0.3 is 0 Å². The van der Waals surface area contributed by atoms with Gasteiger partial charge in [0.1, 0.15) is 5.75 Å². The molecule has 0 spiro atoms. The quantitative estimate of drug-likeness (QED) is 0.837. The fraction of sp³-hybridized carbons (Fsp3) is 0.368. The first-order valence-electron chi connectivity index (χ1n) is 8.09. The Morgan fingerprint density at radius 1 is 1.17 bits per heavy atom. The highest BCUT2D eigenvalue weighted by Gasteiger charge is 2.19. The first kappa shape index (κ1) is 18.3. The van der Waals surface area contributed by atoms with Gasteiger partial charge < -0.3 is 4.74 Å². The van der Waals surface area contributed by atoms with E-state index >= 15 is 0 Å². The number of rotatable bonds is 6. The Kier molecular flexibility index (Phi) is 5.54. The number of hydrogen-bond acceptors (Lipinski definition) is 3. The van der Waals surface area contributed by atoms with Crippen LogP contribution < -0.4 is 9.46 Å². The van der Waals surface area contributed by atoms with Crippen molar-refractivity contribution in [3.63, 3.8) is 0 Å². The maximum absolute atomic E-state index is 12.8. The van der Waals surface area contributed by atoms with Crippen LogP contribution in [-0.4, -0.2) is 15.5 Å². The summed E-state index contributed by atoms with van der Waals surface area (Å²) in [7, 11) is -2.07. The summed E-state index contributed by atoms with van der Waals surface area (Å²) in [5, 5.41) is 0. The normalized spacial score (nSPS) is 11.6. The Labute approximate surface area is 144 Å². The number of nitrogens with one attached hydrogen (secondary N) is 1. The van der Waals surface area contributed by atoms with E-state index in [-0.39, 0.29) is 10.8 Å². The second kappa shape index (κ2) is 7.26. The van der Waals surface area contributed by atoms with E-state index in [1.165, 1.54) is 0 Å². The Morgan fingerprint density at radius 2 is 1.88 bits per heavy atom. The summed E-state index contributed by atoms with van der Waals surface area (Å²) in [5.74, 6) is 0.930. The molecular formula is C19H25NO3S. The number of benzene rings is 2. The molecule has 0 aliphatic heterocycles. The number of methoxy groups -OCH3 is 1. The molecule has 0 heterocycles. The van der Waals surface area contributed by atoms with Gasteiger partial charge in [-0.1, -0.05) is 39.0 Å². The maximum atomic E-state index is 12.8. The summed E-state index contributed by atoms with van der Waals surface area (Å²) >= 11 is 0. The highest BCUT2D eigenvalue weighted by Crippen LogP contribution is 2.30. The molecule has 4 nitrogen and oxygen atoms in total. The molecule has 0 radical (unpaired) electrons. The van der Waals surface area contributed by atoms with Crippen LogP contribution in [0.15, 0.2) is 41.3 Å². The van der Waals surface area contributed by atoms with Crippen molar-refractivity contribution >= 4 is 15.7 Å². The zero-order chi connectivity index (χ0) is 17.9. The van der Waals surface area contributed by atoms with Gasteiger partial charge in [-0.3, -0.25) is 4.72 Å². The second-order valence-electron chi connectivity index (χ2n) is 6.13. The van der Waals surface area contributed by atoms with Crippen LogP contribution in [0.25, 0.3) is 0 Å². The van der Waals surface area contributed by atoms with Crippen LogP contribution in [0.4, 0.5) is 5.69 Å². The molecule has 2 aromatic rings. The number of ether oxygens (including phenoxy) is 1. The SMILES string of the molecule is CCc1cc(S(=O)(=O)Nc2c(C)cccc2C(C)C)ccc1OC. The first-order chi connectivity index (χ1) is 11.3. The van der Waals surface area contributed by atoms with Crippen molar-refractivity contribution in [2.24, 2.45) is 0 Å². The van der Waals surface area contributed by atoms with Crippen LogP contribution in [0, 0.1) is 6.92 Å². The number of aryl methyl sites for hydroxylation is 2. The van der Waals surface area contributed by atoms with Gasteiger partial charge in [0, 0.05) is 0 Å². The second-order valence-corrected chi connectivity index (χ2v) is 7.81. The monoisotopic (exact) mass is 347 g/mol. The van der Waals surface area contributed by atoms with Crippen molar-refractivity contribution in [1.82, 2.24) is 0 Å². The molecule has 0 bridgehead atoms. The topological polar surface area (TPSA) is 55.4 Å². The smallest absolute Gasteiger partial charge is 0.261 e. The van der Waals surface area contributed by atoms with Crippen molar-refractivity contribution in [2.75, 3.05) is 11.8 Å². The molecule has 5 heteroatoms. The van der Waals surface area contributed by atoms with Crippen LogP contribution in [0.5, 0.6) is 5.75 Å². The van der Waals surface area contributed by atoms with E-state index in [0.717, 1.165) is 16.7 Å². The van der Waals surface area contributed by atoms with E-state index < -0.39 is 10.0 Å². The van der Waals surface area contributed by atoms with Crippen molar-refractivity contribution in [3.8, 4) is 5.75 Å². The highest BCUT2D eigenvalue weighted by molar-refractivity contribution is 7.92. The van der Waals surface area contributed by atoms with E-state index in [2.05, 4.69) is 18.6 Å². The summed E-state index contributed by atoms with van der Waals surface area (Å²) in [6.07, 6.45) is 0.703. The van der Waals surface area contributed by atoms with Crippen molar-refractivity contribution < 1.29 is 13.2 Å². The van der Waals surface area contributed by atoms with Crippen molar-refractivity contribution in [3.05, 3.63) is 53.1 Å². The molecule has 0 fully saturated rings. The van der Waals surface area contributed by atoms with Gasteiger partial charge in [-0.25, -0.2) is 8.42 Å². The largest absolute Gasteiger partial charge is 0.496 e. The number of hydrogen-bond donors (Lipinski definition) is 1. The minimum atomic E-state index is -3.65. The van der Waals surface area contributed by atoms with Gasteiger partial charge in [-0.05, 0) is 54.2 Å². The molecule has 2 rings (SSSR count). The molecule has 0 saturated carbocycles. The Hall–Kier alpha value is -2.01. The van der Waals surface area contributed by atoms with Gasteiger partial charge in [0.2, 0.25) is 0 Å². The minimum Gasteiger partial charge on any atom is -0.496 e. The third kappa shape index (κ3) is 3.73. The molecule has 0 saturated heterocycles. The lowest BCUT2D eigenvalue weighted by atomic mass is 9.99. The van der Waals surface area contributed by atoms with Crippen LogP contribution in [0.3, 0.4) is 0 Å². The van der Waals surface area contributed by atoms with Crippen molar-refractivity contribution in [1.29, 1.82) is 0 Å². The maximum Gasteiger partial charge on any atom is 0.261 e. The van der Waals surface area contributed by atoms with Gasteiger partial charge in [-0.2, -0.15) is 0 Å². The molecule has 0 aromatic heterocycles. The number of anilines is 1. The predicted octanol–water partition coefficient (Wildman–Crippen LogP) is 4.49. The summed E-state index contributed by atoms with van der Waals surface area (Å²) in [4.78, 5) is 0.248. The number of sulfonamides is 1. The van der Waals surface area contributed by atoms with E-state index in [1.807, 2.05) is 32.0 Å². The van der Waals surface area contributed by atoms with Gasteiger partial charge in [0.25, 0.3) is 10.0 Å². The minimum absolute atomic E-state index is 0.227. The zero-order valence-electron chi connectivity index (χ0n) is 14.9. The third-order valence-corrected chi connectivity index (χ3v) is 5.45. The van der Waals surface area contributed by atoms with Crippen LogP contribution >= 0.6 is 0 Å². The van der Waals surface area contributed by atoms with Crippen LogP contribution in [-0.2, 0) is 16.4 Å². The lowest BCUT2D eigenvalue weighted by Gasteiger charge is -2.18. The Balaban J connectivity index is 2.47. The molecule has 24 heavy (non-hydrogen) atoms. The zero-order valence-corrected chi connectivity index (χ0v) is 15.7. The summed E-state index contributed by atoms with van der Waals surface area (Å²) < 4.78 is 33.7. The molecule has 0 amide bonds. The van der Waals surface area contributed by atoms with Crippen molar-refractivity contribution in [2.45, 2.75) is 44.9 Å². The van der Waals surface area contributed by atoms with Gasteiger partial charge in [-0.15, -0.1) is 0 Å². The van der Waals surface area contributed by atoms with E-state index in [4.69, 9.17) is 4.74 Å². The molecule has 2 aromatic carbocycles. The molecule has 0 aliphatic rings. The molecular weight excluding hydrogens is 322 g/mol. The Morgan fingerprint density at radius 3 is 2.46 bits per heavy atom. The van der Waals surface area contributed by atoms with E-state index in [9.17, 15) is 8.42 Å². The fourth-order valence-electron chi connectivity index (χ4n) is 2.70. The number of para-hydroxylation sites is 1. The molecule has 130 valence electrons. The molecule has 1 N–H and O–H groups in total. The van der Waals surface area contributed by atoms with Crippen LogP contribution in [0.1, 0.15) is 43.4 Å². The summed E-state index contributed by atoms with van der Waals surface area (Å²) in [6, 6.07) is 10.8. The standard InChI is InChI=1S/C19H25NO3S/c1-6-15-12-16(10-11-18(15)23-5)24(21,22)20-19-14(4)8-7-9-17(19)13(2)3/h7-13,20H,6H2,1-5H3. The lowest BCUT2D eigenvalue weighted by Crippen LogP contribution is -2.16. The lowest BCUT2D eigenvalue weighted by molar-refractivity contribution is 0.409. The van der Waals surface area contributed by atoms with Gasteiger partial charge in [0.05, 0.1) is 17.7 Å². The third-order valence-electron chi connectivity index (χ3n) is 4.11. The molecule has 0 unspecified atom stereocenters. The highest BCUT2D eigenvalue weighted by atomic mass is 32.2. The summed E-state index contributed by atoms with van der Waals surface area (Å²) in [6.45, 7) is 7.99. The van der Waals surface area contributed by atoms with E-state index in [1.54, 1.807) is 25.3 Å². The summed E-state index contributed by atoms with van der Waals surface area (Å²) in [5.41, 5.74) is 3.44. The fourth-order valence-corrected chi connectivity index (χ4v) is 3.91. The average molecular weight is 347 g/mol. The molecule has 0 atom stereocenters. The predicted molar refractivity (Wildman–Crippen MR) is 98.4 cm³/mol. The van der Waals surface area contributed by atoms with E-state index in [0.29, 0.717) is 17.9 Å². The average Bonchev–Trinajstić information content (AvgIpc) is 2.55. The van der Waals surface area contributed by atoms with Crippen LogP contribution in [0.2, 0.25) is 0 Å². The first-order valence-corrected chi connectivity index (χ1v) is 9.57. The Bertz CT molecular complexity index is 827.